The first kappa shape index (κ1) is 11.1. The fourth-order valence-corrected chi connectivity index (χ4v) is 2.76. The first-order valence-electron chi connectivity index (χ1n) is 6.85. The van der Waals surface area contributed by atoms with Crippen LogP contribution in [0.2, 0.25) is 0 Å². The van der Waals surface area contributed by atoms with Crippen LogP contribution in [0.4, 0.5) is 0 Å². The minimum absolute atomic E-state index is 0.195. The summed E-state index contributed by atoms with van der Waals surface area (Å²) in [6.07, 6.45) is 8.14. The lowest BCUT2D eigenvalue weighted by atomic mass is 9.92. The van der Waals surface area contributed by atoms with Crippen molar-refractivity contribution in [1.29, 1.82) is 0 Å². The van der Waals surface area contributed by atoms with E-state index < -0.39 is 0 Å². The maximum Gasteiger partial charge on any atom is 0.120 e. The smallest absolute Gasteiger partial charge is 0.120 e. The van der Waals surface area contributed by atoms with Gasteiger partial charge in [-0.1, -0.05) is 25.0 Å². The van der Waals surface area contributed by atoms with Gasteiger partial charge in [-0.2, -0.15) is 0 Å². The molecule has 2 aliphatic carbocycles. The normalized spacial score (nSPS) is 22.6. The van der Waals surface area contributed by atoms with Crippen LogP contribution in [-0.2, 0) is 0 Å². The van der Waals surface area contributed by atoms with Crippen LogP contribution < -0.4 is 10.5 Å². The van der Waals surface area contributed by atoms with E-state index in [1.54, 1.807) is 0 Å². The van der Waals surface area contributed by atoms with Gasteiger partial charge in [0, 0.05) is 6.04 Å². The standard InChI is InChI=1S/C15H21NO/c16-15(11-4-1-2-5-11)12-6-3-7-14(10-12)17-13-8-9-13/h3,6-7,10-11,13,15H,1-2,4-5,8-9,16H2. The summed E-state index contributed by atoms with van der Waals surface area (Å²) in [5, 5.41) is 0. The van der Waals surface area contributed by atoms with Crippen molar-refractivity contribution in [3.63, 3.8) is 0 Å². The Morgan fingerprint density at radius 2 is 1.88 bits per heavy atom. The van der Waals surface area contributed by atoms with Crippen molar-refractivity contribution in [2.24, 2.45) is 11.7 Å². The van der Waals surface area contributed by atoms with E-state index in [9.17, 15) is 0 Å². The van der Waals surface area contributed by atoms with Crippen molar-refractivity contribution < 1.29 is 4.74 Å². The van der Waals surface area contributed by atoms with Gasteiger partial charge in [0.15, 0.2) is 0 Å². The lowest BCUT2D eigenvalue weighted by Crippen LogP contribution is -2.19. The molecule has 1 aromatic rings. The van der Waals surface area contributed by atoms with Crippen molar-refractivity contribution in [2.45, 2.75) is 50.7 Å². The van der Waals surface area contributed by atoms with Crippen LogP contribution in [0.3, 0.4) is 0 Å². The molecule has 0 aliphatic heterocycles. The molecular weight excluding hydrogens is 210 g/mol. The number of rotatable bonds is 4. The highest BCUT2D eigenvalue weighted by atomic mass is 16.5. The predicted octanol–water partition coefficient (Wildman–Crippen LogP) is 3.42. The van der Waals surface area contributed by atoms with Crippen LogP contribution in [0.5, 0.6) is 5.75 Å². The van der Waals surface area contributed by atoms with Gasteiger partial charge < -0.3 is 10.5 Å². The molecule has 1 unspecified atom stereocenters. The first-order valence-corrected chi connectivity index (χ1v) is 6.85. The van der Waals surface area contributed by atoms with E-state index in [0.717, 1.165) is 5.75 Å². The molecule has 2 aliphatic rings. The number of benzene rings is 1. The highest BCUT2D eigenvalue weighted by Gasteiger charge is 2.25. The van der Waals surface area contributed by atoms with Gasteiger partial charge in [0.1, 0.15) is 5.75 Å². The predicted molar refractivity (Wildman–Crippen MR) is 69.0 cm³/mol. The van der Waals surface area contributed by atoms with Crippen molar-refractivity contribution in [1.82, 2.24) is 0 Å². The SMILES string of the molecule is NC(c1cccc(OC2CC2)c1)C1CCCC1. The zero-order valence-electron chi connectivity index (χ0n) is 10.3. The Morgan fingerprint density at radius 3 is 2.59 bits per heavy atom. The second-order valence-electron chi connectivity index (χ2n) is 5.46. The summed E-state index contributed by atoms with van der Waals surface area (Å²) < 4.78 is 5.82. The molecule has 0 heterocycles. The van der Waals surface area contributed by atoms with Gasteiger partial charge in [0.25, 0.3) is 0 Å². The number of nitrogens with two attached hydrogens (primary N) is 1. The van der Waals surface area contributed by atoms with E-state index in [2.05, 4.69) is 18.2 Å². The largest absolute Gasteiger partial charge is 0.490 e. The average Bonchev–Trinajstić information content (AvgIpc) is 2.99. The molecule has 1 aromatic carbocycles. The quantitative estimate of drug-likeness (QED) is 0.861. The van der Waals surface area contributed by atoms with Gasteiger partial charge in [0.05, 0.1) is 6.10 Å². The van der Waals surface area contributed by atoms with Gasteiger partial charge in [-0.25, -0.2) is 0 Å². The number of ether oxygens (including phenoxy) is 1. The fourth-order valence-electron chi connectivity index (χ4n) is 2.76. The van der Waals surface area contributed by atoms with Gasteiger partial charge in [-0.05, 0) is 49.3 Å². The van der Waals surface area contributed by atoms with E-state index in [-0.39, 0.29) is 6.04 Å². The Kier molecular flexibility index (Phi) is 3.06. The number of hydrogen-bond acceptors (Lipinski definition) is 2. The molecule has 17 heavy (non-hydrogen) atoms. The molecule has 0 bridgehead atoms. The summed E-state index contributed by atoms with van der Waals surface area (Å²) in [7, 11) is 0. The maximum absolute atomic E-state index is 6.36. The molecule has 2 N–H and O–H groups in total. The van der Waals surface area contributed by atoms with Gasteiger partial charge >= 0.3 is 0 Å². The van der Waals surface area contributed by atoms with Crippen molar-refractivity contribution in [2.75, 3.05) is 0 Å². The minimum Gasteiger partial charge on any atom is -0.490 e. The second-order valence-corrected chi connectivity index (χ2v) is 5.46. The molecule has 2 heteroatoms. The third-order valence-corrected chi connectivity index (χ3v) is 3.98. The molecule has 0 aromatic heterocycles. The molecule has 92 valence electrons. The van der Waals surface area contributed by atoms with Crippen LogP contribution in [0, 0.1) is 5.92 Å². The van der Waals surface area contributed by atoms with E-state index in [4.69, 9.17) is 10.5 Å². The molecule has 2 fully saturated rings. The zero-order valence-corrected chi connectivity index (χ0v) is 10.3. The van der Waals surface area contributed by atoms with E-state index in [1.165, 1.54) is 44.1 Å². The Labute approximate surface area is 103 Å². The fraction of sp³-hybridized carbons (Fsp3) is 0.600. The highest BCUT2D eigenvalue weighted by molar-refractivity contribution is 5.31. The first-order chi connectivity index (χ1) is 8.33. The molecule has 2 nitrogen and oxygen atoms in total. The molecule has 0 amide bonds. The van der Waals surface area contributed by atoms with E-state index in [1.807, 2.05) is 6.07 Å². The third-order valence-electron chi connectivity index (χ3n) is 3.98. The van der Waals surface area contributed by atoms with Crippen LogP contribution >= 0.6 is 0 Å². The molecule has 1 atom stereocenters. The summed E-state index contributed by atoms with van der Waals surface area (Å²) in [5.41, 5.74) is 7.61. The summed E-state index contributed by atoms with van der Waals surface area (Å²) >= 11 is 0. The topological polar surface area (TPSA) is 35.2 Å². The lowest BCUT2D eigenvalue weighted by molar-refractivity contribution is 0.302. The Morgan fingerprint density at radius 1 is 1.12 bits per heavy atom. The number of hydrogen-bond donors (Lipinski definition) is 1. The van der Waals surface area contributed by atoms with Crippen molar-refractivity contribution in [3.05, 3.63) is 29.8 Å². The molecular formula is C15H21NO. The monoisotopic (exact) mass is 231 g/mol. The van der Waals surface area contributed by atoms with Crippen molar-refractivity contribution in [3.8, 4) is 5.75 Å². The summed E-state index contributed by atoms with van der Waals surface area (Å²) in [4.78, 5) is 0. The molecule has 0 radical (unpaired) electrons. The summed E-state index contributed by atoms with van der Waals surface area (Å²) in [6.45, 7) is 0. The summed E-state index contributed by atoms with van der Waals surface area (Å²) in [5.74, 6) is 1.67. The zero-order chi connectivity index (χ0) is 11.7. The Bertz CT molecular complexity index is 380. The maximum atomic E-state index is 6.36. The van der Waals surface area contributed by atoms with Crippen LogP contribution in [0.1, 0.15) is 50.1 Å². The van der Waals surface area contributed by atoms with E-state index in [0.29, 0.717) is 12.0 Å². The average molecular weight is 231 g/mol. The van der Waals surface area contributed by atoms with Gasteiger partial charge in [0.2, 0.25) is 0 Å². The minimum atomic E-state index is 0.195. The molecule has 0 spiro atoms. The molecule has 0 saturated heterocycles. The van der Waals surface area contributed by atoms with E-state index >= 15 is 0 Å². The highest BCUT2D eigenvalue weighted by Crippen LogP contribution is 2.35. The van der Waals surface area contributed by atoms with Crippen LogP contribution in [0.15, 0.2) is 24.3 Å². The lowest BCUT2D eigenvalue weighted by Gasteiger charge is -2.19. The third kappa shape index (κ3) is 2.63. The Hall–Kier alpha value is -1.02. The Balaban J connectivity index is 1.71. The molecule has 2 saturated carbocycles. The van der Waals surface area contributed by atoms with Crippen LogP contribution in [-0.4, -0.2) is 6.10 Å². The van der Waals surface area contributed by atoms with Crippen molar-refractivity contribution >= 4 is 0 Å². The van der Waals surface area contributed by atoms with Crippen LogP contribution in [0.25, 0.3) is 0 Å². The second kappa shape index (κ2) is 4.69. The molecule has 3 rings (SSSR count). The van der Waals surface area contributed by atoms with Gasteiger partial charge in [-0.15, -0.1) is 0 Å². The summed E-state index contributed by atoms with van der Waals surface area (Å²) in [6, 6.07) is 8.59. The van der Waals surface area contributed by atoms with Gasteiger partial charge in [-0.3, -0.25) is 0 Å².